The number of carboxylic acid groups (broad SMARTS) is 1. The van der Waals surface area contributed by atoms with Gasteiger partial charge in [0, 0.05) is 25.1 Å². The fraction of sp³-hybridized carbons (Fsp3) is 0.333. The van der Waals surface area contributed by atoms with Crippen LogP contribution < -0.4 is 10.6 Å². The van der Waals surface area contributed by atoms with E-state index in [1.807, 2.05) is 0 Å². The Bertz CT molecular complexity index is 715. The van der Waals surface area contributed by atoms with Gasteiger partial charge >= 0.3 is 6.09 Å². The van der Waals surface area contributed by atoms with Crippen LogP contribution in [0.3, 0.4) is 0 Å². The number of carbonyl (C=O) groups is 4. The van der Waals surface area contributed by atoms with Gasteiger partial charge in [-0.15, -0.1) is 0 Å². The molecule has 2 aliphatic rings. The molecule has 0 radical (unpaired) electrons. The number of benzene rings is 1. The van der Waals surface area contributed by atoms with Gasteiger partial charge < -0.3 is 15.3 Å². The molecule has 1 aromatic carbocycles. The summed E-state index contributed by atoms with van der Waals surface area (Å²) in [6.45, 7) is 0.427. The van der Waals surface area contributed by atoms with Crippen molar-refractivity contribution >= 4 is 23.8 Å². The summed E-state index contributed by atoms with van der Waals surface area (Å²) >= 11 is 0. The van der Waals surface area contributed by atoms with Gasteiger partial charge in [-0.05, 0) is 23.6 Å². The number of fused-ring (bicyclic) bond motifs is 1. The van der Waals surface area contributed by atoms with Crippen molar-refractivity contribution in [2.45, 2.75) is 32.0 Å². The van der Waals surface area contributed by atoms with Gasteiger partial charge in [0.05, 0.1) is 0 Å². The fourth-order valence-electron chi connectivity index (χ4n) is 2.92. The molecule has 120 valence electrons. The maximum Gasteiger partial charge on any atom is 0.404 e. The Hall–Kier alpha value is -2.90. The first-order chi connectivity index (χ1) is 11.0. The van der Waals surface area contributed by atoms with Gasteiger partial charge in [-0.2, -0.15) is 0 Å². The summed E-state index contributed by atoms with van der Waals surface area (Å²) < 4.78 is 0. The number of nitrogens with one attached hydrogen (secondary N) is 2. The molecule has 1 aromatic rings. The van der Waals surface area contributed by atoms with Crippen LogP contribution in [-0.2, 0) is 22.7 Å². The lowest BCUT2D eigenvalue weighted by molar-refractivity contribution is -0.136. The molecule has 2 aliphatic heterocycles. The highest BCUT2D eigenvalue weighted by Gasteiger charge is 2.38. The van der Waals surface area contributed by atoms with Gasteiger partial charge in [-0.3, -0.25) is 19.7 Å². The minimum absolute atomic E-state index is 0.148. The summed E-state index contributed by atoms with van der Waals surface area (Å²) in [5.74, 6) is -1.01. The standard InChI is InChI=1S/C15H15N3O5/c19-12-4-3-11(13(20)17-12)18-7-9-5-8(6-16-15(22)23)1-2-10(9)14(18)21/h1-2,5,11,16H,3-4,6-7H2,(H,22,23)(H,17,19,20). The zero-order valence-electron chi connectivity index (χ0n) is 12.2. The molecule has 0 saturated carbocycles. The van der Waals surface area contributed by atoms with Crippen molar-refractivity contribution in [2.24, 2.45) is 0 Å². The maximum absolute atomic E-state index is 12.5. The lowest BCUT2D eigenvalue weighted by Gasteiger charge is -2.29. The van der Waals surface area contributed by atoms with Crippen LogP contribution in [0, 0.1) is 0 Å². The number of nitrogens with zero attached hydrogens (tertiary/aromatic N) is 1. The maximum atomic E-state index is 12.5. The van der Waals surface area contributed by atoms with Crippen molar-refractivity contribution in [3.8, 4) is 0 Å². The molecule has 0 aliphatic carbocycles. The van der Waals surface area contributed by atoms with Crippen LogP contribution in [0.1, 0.15) is 34.3 Å². The van der Waals surface area contributed by atoms with E-state index >= 15 is 0 Å². The number of carbonyl (C=O) groups excluding carboxylic acids is 3. The van der Waals surface area contributed by atoms with E-state index < -0.39 is 18.0 Å². The molecule has 2 heterocycles. The van der Waals surface area contributed by atoms with Crippen LogP contribution in [0.5, 0.6) is 0 Å². The minimum Gasteiger partial charge on any atom is -0.465 e. The number of piperidine rings is 1. The molecule has 23 heavy (non-hydrogen) atoms. The van der Waals surface area contributed by atoms with E-state index in [0.29, 0.717) is 12.0 Å². The van der Waals surface area contributed by atoms with E-state index in [9.17, 15) is 19.2 Å². The first kappa shape index (κ1) is 15.0. The predicted octanol–water partition coefficient (Wildman–Crippen LogP) is 0.215. The molecule has 1 unspecified atom stereocenters. The van der Waals surface area contributed by atoms with Gasteiger partial charge in [0.25, 0.3) is 5.91 Å². The van der Waals surface area contributed by atoms with Crippen molar-refractivity contribution in [3.05, 3.63) is 34.9 Å². The molecule has 1 saturated heterocycles. The topological polar surface area (TPSA) is 116 Å². The molecule has 8 heteroatoms. The SMILES string of the molecule is O=C(O)NCc1ccc2c(c1)CN(C1CCC(=O)NC1=O)C2=O. The van der Waals surface area contributed by atoms with E-state index in [0.717, 1.165) is 11.1 Å². The van der Waals surface area contributed by atoms with Crippen LogP contribution in [0.2, 0.25) is 0 Å². The molecule has 0 aromatic heterocycles. The van der Waals surface area contributed by atoms with Gasteiger partial charge in [-0.25, -0.2) is 4.79 Å². The molecular formula is C15H15N3O5. The lowest BCUT2D eigenvalue weighted by atomic mass is 10.0. The lowest BCUT2D eigenvalue weighted by Crippen LogP contribution is -2.52. The summed E-state index contributed by atoms with van der Waals surface area (Å²) in [5, 5.41) is 13.1. The van der Waals surface area contributed by atoms with E-state index in [4.69, 9.17) is 5.11 Å². The third-order valence-corrected chi connectivity index (χ3v) is 4.03. The van der Waals surface area contributed by atoms with E-state index in [2.05, 4.69) is 10.6 Å². The summed E-state index contributed by atoms with van der Waals surface area (Å²) in [5.41, 5.74) is 2.00. The number of imide groups is 1. The molecule has 0 spiro atoms. The molecule has 8 nitrogen and oxygen atoms in total. The monoisotopic (exact) mass is 317 g/mol. The normalized spacial score (nSPS) is 20.3. The number of hydrogen-bond acceptors (Lipinski definition) is 4. The van der Waals surface area contributed by atoms with Crippen LogP contribution in [-0.4, -0.2) is 39.9 Å². The van der Waals surface area contributed by atoms with Crippen molar-refractivity contribution < 1.29 is 24.3 Å². The Labute approximate surface area is 131 Å². The minimum atomic E-state index is -1.12. The number of rotatable bonds is 3. The van der Waals surface area contributed by atoms with Gasteiger partial charge in [0.15, 0.2) is 0 Å². The van der Waals surface area contributed by atoms with Gasteiger partial charge in [0.1, 0.15) is 6.04 Å². The average molecular weight is 317 g/mol. The second-order valence-corrected chi connectivity index (χ2v) is 5.55. The Morgan fingerprint density at radius 2 is 2.13 bits per heavy atom. The first-order valence-corrected chi connectivity index (χ1v) is 7.19. The highest BCUT2D eigenvalue weighted by Crippen LogP contribution is 2.28. The van der Waals surface area contributed by atoms with Crippen LogP contribution in [0.25, 0.3) is 0 Å². The highest BCUT2D eigenvalue weighted by molar-refractivity contribution is 6.05. The fourth-order valence-corrected chi connectivity index (χ4v) is 2.92. The Morgan fingerprint density at radius 1 is 1.35 bits per heavy atom. The molecular weight excluding hydrogens is 302 g/mol. The molecule has 1 fully saturated rings. The van der Waals surface area contributed by atoms with Crippen molar-refractivity contribution in [3.63, 3.8) is 0 Å². The largest absolute Gasteiger partial charge is 0.465 e. The average Bonchev–Trinajstić information content (AvgIpc) is 2.82. The zero-order chi connectivity index (χ0) is 16.6. The summed E-state index contributed by atoms with van der Waals surface area (Å²) in [6, 6.07) is 4.44. The number of hydrogen-bond donors (Lipinski definition) is 3. The Balaban J connectivity index is 1.77. The van der Waals surface area contributed by atoms with E-state index in [1.54, 1.807) is 18.2 Å². The zero-order valence-corrected chi connectivity index (χ0v) is 12.2. The second kappa shape index (κ2) is 5.71. The molecule has 3 N–H and O–H groups in total. The molecule has 4 amide bonds. The molecule has 0 bridgehead atoms. The summed E-state index contributed by atoms with van der Waals surface area (Å²) in [7, 11) is 0. The van der Waals surface area contributed by atoms with Crippen LogP contribution in [0.4, 0.5) is 4.79 Å². The van der Waals surface area contributed by atoms with Crippen molar-refractivity contribution in [2.75, 3.05) is 0 Å². The highest BCUT2D eigenvalue weighted by atomic mass is 16.4. The van der Waals surface area contributed by atoms with Crippen molar-refractivity contribution in [1.82, 2.24) is 15.5 Å². The molecule has 3 rings (SSSR count). The predicted molar refractivity (Wildman–Crippen MR) is 77.4 cm³/mol. The Morgan fingerprint density at radius 3 is 2.83 bits per heavy atom. The summed E-state index contributed by atoms with van der Waals surface area (Å²) in [4.78, 5) is 47.6. The van der Waals surface area contributed by atoms with E-state index in [1.165, 1.54) is 4.90 Å². The van der Waals surface area contributed by atoms with Gasteiger partial charge in [-0.1, -0.05) is 12.1 Å². The quantitative estimate of drug-likeness (QED) is 0.689. The van der Waals surface area contributed by atoms with Crippen LogP contribution >= 0.6 is 0 Å². The Kier molecular flexibility index (Phi) is 3.73. The van der Waals surface area contributed by atoms with Crippen molar-refractivity contribution in [1.29, 1.82) is 0 Å². The first-order valence-electron chi connectivity index (χ1n) is 7.19. The third-order valence-electron chi connectivity index (χ3n) is 4.03. The smallest absolute Gasteiger partial charge is 0.404 e. The second-order valence-electron chi connectivity index (χ2n) is 5.55. The van der Waals surface area contributed by atoms with E-state index in [-0.39, 0.29) is 31.3 Å². The third kappa shape index (κ3) is 2.87. The number of amides is 4. The van der Waals surface area contributed by atoms with Gasteiger partial charge in [0.2, 0.25) is 11.8 Å². The summed E-state index contributed by atoms with van der Waals surface area (Å²) in [6.07, 6.45) is -0.589. The molecule has 1 atom stereocenters. The van der Waals surface area contributed by atoms with Crippen LogP contribution in [0.15, 0.2) is 18.2 Å².